The van der Waals surface area contributed by atoms with Crippen LogP contribution in [0.2, 0.25) is 0 Å². The molecule has 0 fully saturated rings. The molecule has 0 amide bonds. The summed E-state index contributed by atoms with van der Waals surface area (Å²) in [4.78, 5) is 0. The summed E-state index contributed by atoms with van der Waals surface area (Å²) in [5.41, 5.74) is 6.85. The van der Waals surface area contributed by atoms with Crippen molar-refractivity contribution >= 4 is 0 Å². The van der Waals surface area contributed by atoms with Crippen molar-refractivity contribution < 1.29 is 0 Å². The van der Waals surface area contributed by atoms with Gasteiger partial charge in [-0.2, -0.15) is 10.5 Å². The molecule has 118 valence electrons. The third-order valence-electron chi connectivity index (χ3n) is 5.60. The standard InChI is InChI=1S/C22H20N2/c23-13-21-19-12-18-6-2-4-16-9-7-15(8-10-16)3-1-5-17(19)11-20(18)22(21)14-24/h7-12,19-20H,1-6H2/t19-,20-/m0/s1. The first-order chi connectivity index (χ1) is 11.8. The summed E-state index contributed by atoms with van der Waals surface area (Å²) in [5, 5.41) is 19.1. The van der Waals surface area contributed by atoms with Crippen LogP contribution in [0, 0.1) is 34.5 Å². The molecule has 24 heavy (non-hydrogen) atoms. The van der Waals surface area contributed by atoms with Crippen LogP contribution in [0.1, 0.15) is 36.8 Å². The molecule has 7 aliphatic carbocycles. The van der Waals surface area contributed by atoms with Gasteiger partial charge in [-0.05, 0) is 49.7 Å². The maximum absolute atomic E-state index is 9.56. The van der Waals surface area contributed by atoms with E-state index in [9.17, 15) is 10.5 Å². The Morgan fingerprint density at radius 1 is 0.667 bits per heavy atom. The largest absolute Gasteiger partial charge is 0.193 e. The second-order valence-electron chi connectivity index (χ2n) is 7.01. The summed E-state index contributed by atoms with van der Waals surface area (Å²) < 4.78 is 0. The van der Waals surface area contributed by atoms with Crippen molar-refractivity contribution in [1.29, 1.82) is 10.5 Å². The predicted octanol–water partition coefficient (Wildman–Crippen LogP) is 4.80. The number of allylic oxidation sites excluding steroid dienone is 6. The van der Waals surface area contributed by atoms with Gasteiger partial charge in [0.05, 0.1) is 23.3 Å². The van der Waals surface area contributed by atoms with Crippen molar-refractivity contribution in [2.75, 3.05) is 0 Å². The van der Waals surface area contributed by atoms with Crippen LogP contribution in [0.4, 0.5) is 0 Å². The van der Waals surface area contributed by atoms with Crippen molar-refractivity contribution in [3.63, 3.8) is 0 Å². The maximum atomic E-state index is 9.56. The van der Waals surface area contributed by atoms with E-state index in [1.807, 2.05) is 0 Å². The van der Waals surface area contributed by atoms with Crippen LogP contribution in [0.15, 0.2) is 58.7 Å². The highest BCUT2D eigenvalue weighted by molar-refractivity contribution is 5.58. The Hall–Kier alpha value is -2.58. The molecule has 0 saturated heterocycles. The molecule has 0 spiro atoms. The number of hydrogen-bond donors (Lipinski definition) is 0. The number of hydrogen-bond acceptors (Lipinski definition) is 2. The van der Waals surface area contributed by atoms with Crippen LogP contribution in [0.25, 0.3) is 0 Å². The van der Waals surface area contributed by atoms with E-state index in [1.165, 1.54) is 22.3 Å². The molecule has 0 aliphatic heterocycles. The number of nitriles is 2. The van der Waals surface area contributed by atoms with Gasteiger partial charge in [-0.25, -0.2) is 0 Å². The fraction of sp³-hybridized carbons (Fsp3) is 0.364. The van der Waals surface area contributed by atoms with Crippen molar-refractivity contribution in [1.82, 2.24) is 0 Å². The van der Waals surface area contributed by atoms with Crippen molar-refractivity contribution in [3.05, 3.63) is 69.8 Å². The van der Waals surface area contributed by atoms with Crippen molar-refractivity contribution in [2.24, 2.45) is 11.8 Å². The summed E-state index contributed by atoms with van der Waals surface area (Å²) in [7, 11) is 0. The number of nitrogens with zero attached hydrogens (tertiary/aromatic N) is 2. The van der Waals surface area contributed by atoms with E-state index >= 15 is 0 Å². The molecular weight excluding hydrogens is 292 g/mol. The molecule has 0 heterocycles. The summed E-state index contributed by atoms with van der Waals surface area (Å²) in [6.45, 7) is 0. The van der Waals surface area contributed by atoms with Gasteiger partial charge in [0.25, 0.3) is 0 Å². The molecule has 0 N–H and O–H groups in total. The van der Waals surface area contributed by atoms with Crippen molar-refractivity contribution in [3.8, 4) is 12.1 Å². The van der Waals surface area contributed by atoms with E-state index < -0.39 is 0 Å². The van der Waals surface area contributed by atoms with Gasteiger partial charge < -0.3 is 0 Å². The molecule has 0 saturated carbocycles. The van der Waals surface area contributed by atoms with E-state index in [-0.39, 0.29) is 11.8 Å². The minimum Gasteiger partial charge on any atom is -0.193 e. The second kappa shape index (κ2) is 6.14. The smallest absolute Gasteiger partial charge is 0.0967 e. The Balaban J connectivity index is 1.68. The average Bonchev–Trinajstić information content (AvgIpc) is 2.62. The first kappa shape index (κ1) is 15.0. The Kier molecular flexibility index (Phi) is 3.83. The number of rotatable bonds is 0. The van der Waals surface area contributed by atoms with Crippen LogP contribution in [0.3, 0.4) is 0 Å². The van der Waals surface area contributed by atoms with Gasteiger partial charge in [-0.3, -0.25) is 0 Å². The normalized spacial score (nSPS) is 25.6. The Bertz CT molecular complexity index is 766. The summed E-state index contributed by atoms with van der Waals surface area (Å²) in [6, 6.07) is 13.7. The van der Waals surface area contributed by atoms with E-state index in [1.54, 1.807) is 0 Å². The monoisotopic (exact) mass is 312 g/mol. The third kappa shape index (κ3) is 2.49. The lowest BCUT2D eigenvalue weighted by Gasteiger charge is -2.35. The van der Waals surface area contributed by atoms with Gasteiger partial charge in [0.2, 0.25) is 0 Å². The lowest BCUT2D eigenvalue weighted by atomic mass is 9.67. The van der Waals surface area contributed by atoms with Crippen LogP contribution in [-0.2, 0) is 12.8 Å². The highest BCUT2D eigenvalue weighted by Gasteiger charge is 2.36. The Morgan fingerprint density at radius 3 is 1.46 bits per heavy atom. The van der Waals surface area contributed by atoms with Crippen LogP contribution >= 0.6 is 0 Å². The highest BCUT2D eigenvalue weighted by Crippen LogP contribution is 2.46. The van der Waals surface area contributed by atoms with Gasteiger partial charge in [0, 0.05) is 11.8 Å². The molecule has 7 aliphatic rings. The zero-order chi connectivity index (χ0) is 16.5. The van der Waals surface area contributed by atoms with Crippen LogP contribution in [-0.4, -0.2) is 0 Å². The van der Waals surface area contributed by atoms with Gasteiger partial charge in [0.1, 0.15) is 0 Å². The van der Waals surface area contributed by atoms with Gasteiger partial charge in [0.15, 0.2) is 0 Å². The van der Waals surface area contributed by atoms with Crippen LogP contribution in [0.5, 0.6) is 0 Å². The summed E-state index contributed by atoms with van der Waals surface area (Å²) >= 11 is 0. The third-order valence-corrected chi connectivity index (χ3v) is 5.60. The molecular formula is C22H20N2. The average molecular weight is 312 g/mol. The quantitative estimate of drug-likeness (QED) is 0.646. The highest BCUT2D eigenvalue weighted by atomic mass is 14.4. The molecule has 2 atom stereocenters. The summed E-state index contributed by atoms with van der Waals surface area (Å²) in [6.07, 6.45) is 10.9. The maximum Gasteiger partial charge on any atom is 0.0967 e. The molecule has 6 bridgehead atoms. The van der Waals surface area contributed by atoms with E-state index in [0.29, 0.717) is 11.1 Å². The zero-order valence-electron chi connectivity index (χ0n) is 13.8. The second-order valence-corrected chi connectivity index (χ2v) is 7.01. The fourth-order valence-corrected chi connectivity index (χ4v) is 4.33. The Labute approximate surface area is 143 Å². The van der Waals surface area contributed by atoms with Crippen LogP contribution < -0.4 is 0 Å². The zero-order valence-corrected chi connectivity index (χ0v) is 13.8. The molecule has 1 aromatic carbocycles. The van der Waals surface area contributed by atoms with E-state index in [4.69, 9.17) is 0 Å². The number of aryl methyl sites for hydroxylation is 2. The topological polar surface area (TPSA) is 47.6 Å². The number of benzene rings is 1. The van der Waals surface area contributed by atoms with Gasteiger partial charge in [-0.1, -0.05) is 47.6 Å². The molecule has 0 unspecified atom stereocenters. The van der Waals surface area contributed by atoms with Crippen molar-refractivity contribution in [2.45, 2.75) is 38.5 Å². The molecule has 8 rings (SSSR count). The molecule has 0 aromatic heterocycles. The molecule has 2 nitrogen and oxygen atoms in total. The lowest BCUT2D eigenvalue weighted by Crippen LogP contribution is -2.25. The minimum absolute atomic E-state index is 0.0496. The molecule has 1 aromatic rings. The molecule has 2 heteroatoms. The first-order valence-corrected chi connectivity index (χ1v) is 8.83. The van der Waals surface area contributed by atoms with E-state index in [2.05, 4.69) is 48.6 Å². The molecule has 0 radical (unpaired) electrons. The summed E-state index contributed by atoms with van der Waals surface area (Å²) in [5.74, 6) is 0.0991. The van der Waals surface area contributed by atoms with Gasteiger partial charge >= 0.3 is 0 Å². The Morgan fingerprint density at radius 2 is 1.08 bits per heavy atom. The lowest BCUT2D eigenvalue weighted by molar-refractivity contribution is 0.634. The SMILES string of the molecule is N#CC1=C(C#N)[C@H]2C=C3CCCc4ccc(cc4)CCCC2=C[C@@H]31. The minimum atomic E-state index is 0.0496. The first-order valence-electron chi connectivity index (χ1n) is 8.83. The van der Waals surface area contributed by atoms with E-state index in [0.717, 1.165) is 38.5 Å². The van der Waals surface area contributed by atoms with Gasteiger partial charge in [-0.15, -0.1) is 0 Å². The fourth-order valence-electron chi connectivity index (χ4n) is 4.33. The predicted molar refractivity (Wildman–Crippen MR) is 93.7 cm³/mol.